The van der Waals surface area contributed by atoms with Crippen LogP contribution in [0, 0.1) is 6.92 Å². The van der Waals surface area contributed by atoms with Gasteiger partial charge in [-0.25, -0.2) is 0 Å². The third-order valence-electron chi connectivity index (χ3n) is 4.77. The van der Waals surface area contributed by atoms with Crippen LogP contribution in [0.15, 0.2) is 72.8 Å². The second kappa shape index (κ2) is 7.85. The zero-order valence-corrected chi connectivity index (χ0v) is 16.6. The molecular weight excluding hydrogens is 382 g/mol. The Bertz CT molecular complexity index is 1110. The van der Waals surface area contributed by atoms with E-state index < -0.39 is 0 Å². The molecule has 3 aromatic carbocycles. The number of aryl methyl sites for hydroxylation is 1. The molecule has 5 nitrogen and oxygen atoms in total. The number of thiocarbonyl (C=S) groups is 1. The topological polar surface area (TPSA) is 61.4 Å². The fraction of sp³-hybridized carbons (Fsp3) is 0.0870. The maximum absolute atomic E-state index is 12.6. The molecule has 0 saturated heterocycles. The van der Waals surface area contributed by atoms with Gasteiger partial charge in [0.25, 0.3) is 11.8 Å². The van der Waals surface area contributed by atoms with E-state index in [9.17, 15) is 9.59 Å². The molecule has 4 rings (SSSR count). The summed E-state index contributed by atoms with van der Waals surface area (Å²) < 4.78 is 0. The first-order valence-corrected chi connectivity index (χ1v) is 9.61. The zero-order valence-electron chi connectivity index (χ0n) is 15.8. The minimum atomic E-state index is -0.261. The van der Waals surface area contributed by atoms with E-state index in [4.69, 9.17) is 12.2 Å². The maximum Gasteiger partial charge on any atom is 0.258 e. The lowest BCUT2D eigenvalue weighted by Gasteiger charge is -2.16. The summed E-state index contributed by atoms with van der Waals surface area (Å²) in [6, 6.07) is 22.3. The number of hydrogen-bond acceptors (Lipinski definition) is 3. The van der Waals surface area contributed by atoms with Crippen molar-refractivity contribution in [2.24, 2.45) is 0 Å². The Morgan fingerprint density at radius 2 is 1.76 bits per heavy atom. The number of amides is 2. The molecule has 2 N–H and O–H groups in total. The number of nitrogens with one attached hydrogen (secondary N) is 2. The molecule has 29 heavy (non-hydrogen) atoms. The summed E-state index contributed by atoms with van der Waals surface area (Å²) in [5.74, 6) is -0.259. The molecule has 1 aliphatic rings. The van der Waals surface area contributed by atoms with E-state index >= 15 is 0 Å². The monoisotopic (exact) mass is 401 g/mol. The summed E-state index contributed by atoms with van der Waals surface area (Å²) in [4.78, 5) is 26.6. The molecule has 0 atom stereocenters. The minimum absolute atomic E-state index is 0.00208. The largest absolute Gasteiger partial charge is 0.332 e. The number of fused-ring (bicyclic) bond motifs is 1. The first-order chi connectivity index (χ1) is 14.0. The summed E-state index contributed by atoms with van der Waals surface area (Å²) >= 11 is 5.24. The quantitative estimate of drug-likeness (QED) is 0.643. The van der Waals surface area contributed by atoms with Crippen molar-refractivity contribution in [1.82, 2.24) is 5.32 Å². The summed E-state index contributed by atoms with van der Waals surface area (Å²) in [5.41, 5.74) is 4.87. The first-order valence-electron chi connectivity index (χ1n) is 9.20. The molecule has 0 aliphatic carbocycles. The van der Waals surface area contributed by atoms with Crippen LogP contribution in [0.2, 0.25) is 0 Å². The Labute approximate surface area is 174 Å². The van der Waals surface area contributed by atoms with Gasteiger partial charge in [-0.05, 0) is 67.2 Å². The summed E-state index contributed by atoms with van der Waals surface area (Å²) in [5, 5.41) is 5.89. The second-order valence-electron chi connectivity index (χ2n) is 6.87. The number of rotatable bonds is 3. The average molecular weight is 401 g/mol. The molecule has 2 amide bonds. The second-order valence-corrected chi connectivity index (χ2v) is 7.28. The van der Waals surface area contributed by atoms with E-state index in [0.29, 0.717) is 12.1 Å². The molecule has 0 unspecified atom stereocenters. The van der Waals surface area contributed by atoms with Crippen LogP contribution in [0.3, 0.4) is 0 Å². The highest BCUT2D eigenvalue weighted by molar-refractivity contribution is 7.80. The van der Waals surface area contributed by atoms with E-state index in [0.717, 1.165) is 28.1 Å². The van der Waals surface area contributed by atoms with Gasteiger partial charge >= 0.3 is 0 Å². The fourth-order valence-corrected chi connectivity index (χ4v) is 3.52. The maximum atomic E-state index is 12.6. The lowest BCUT2D eigenvalue weighted by molar-refractivity contribution is 0.0974. The van der Waals surface area contributed by atoms with Gasteiger partial charge in [-0.2, -0.15) is 0 Å². The normalized spacial score (nSPS) is 12.4. The van der Waals surface area contributed by atoms with Crippen LogP contribution in [0.5, 0.6) is 0 Å². The van der Waals surface area contributed by atoms with E-state index in [1.807, 2.05) is 67.6 Å². The highest BCUT2D eigenvalue weighted by Gasteiger charge is 2.27. The Morgan fingerprint density at radius 1 is 1.00 bits per heavy atom. The van der Waals surface area contributed by atoms with Crippen LogP contribution in [0.1, 0.15) is 31.8 Å². The van der Waals surface area contributed by atoms with Gasteiger partial charge in [-0.3, -0.25) is 14.9 Å². The Hall–Kier alpha value is -3.51. The molecule has 3 aromatic rings. The van der Waals surface area contributed by atoms with Crippen LogP contribution in [-0.2, 0) is 6.54 Å². The standard InChI is InChI=1S/C23H19N3O2S/c1-15-5-4-7-16(13-15)21(27)25-23(29)24-18-9-11-19(12-10-18)26-14-17-6-2-3-8-20(17)22(26)28/h2-13H,14H2,1H3,(H2,24,25,27,29). The van der Waals surface area contributed by atoms with Gasteiger partial charge in [-0.1, -0.05) is 35.9 Å². The molecule has 0 aromatic heterocycles. The summed E-state index contributed by atoms with van der Waals surface area (Å²) in [6.45, 7) is 2.49. The first kappa shape index (κ1) is 18.8. The lowest BCUT2D eigenvalue weighted by atomic mass is 10.1. The summed E-state index contributed by atoms with van der Waals surface area (Å²) in [7, 11) is 0. The Balaban J connectivity index is 1.39. The van der Waals surface area contributed by atoms with Gasteiger partial charge in [-0.15, -0.1) is 0 Å². The molecule has 0 bridgehead atoms. The lowest BCUT2D eigenvalue weighted by Crippen LogP contribution is -2.34. The number of carbonyl (C=O) groups is 2. The van der Waals surface area contributed by atoms with Crippen LogP contribution in [0.4, 0.5) is 11.4 Å². The number of carbonyl (C=O) groups excluding carboxylic acids is 2. The zero-order chi connectivity index (χ0) is 20.4. The average Bonchev–Trinajstić information content (AvgIpc) is 3.05. The smallest absolute Gasteiger partial charge is 0.258 e. The van der Waals surface area contributed by atoms with Crippen LogP contribution in [0.25, 0.3) is 0 Å². The fourth-order valence-electron chi connectivity index (χ4n) is 3.31. The van der Waals surface area contributed by atoms with Crippen molar-refractivity contribution < 1.29 is 9.59 Å². The van der Waals surface area contributed by atoms with Gasteiger partial charge in [0.15, 0.2) is 5.11 Å². The van der Waals surface area contributed by atoms with Gasteiger partial charge in [0.05, 0.1) is 6.54 Å². The third-order valence-corrected chi connectivity index (χ3v) is 4.97. The Morgan fingerprint density at radius 3 is 2.48 bits per heavy atom. The number of benzene rings is 3. The van der Waals surface area contributed by atoms with Gasteiger partial charge in [0.1, 0.15) is 0 Å². The SMILES string of the molecule is Cc1cccc(C(=O)NC(=S)Nc2ccc(N3Cc4ccccc4C3=O)cc2)c1. The van der Waals surface area contributed by atoms with E-state index in [-0.39, 0.29) is 16.9 Å². The number of anilines is 2. The van der Waals surface area contributed by atoms with Crippen molar-refractivity contribution in [3.8, 4) is 0 Å². The molecule has 0 spiro atoms. The number of hydrogen-bond donors (Lipinski definition) is 2. The third kappa shape index (κ3) is 4.02. The van der Waals surface area contributed by atoms with E-state index in [2.05, 4.69) is 10.6 Å². The highest BCUT2D eigenvalue weighted by atomic mass is 32.1. The minimum Gasteiger partial charge on any atom is -0.332 e. The molecule has 1 heterocycles. The van der Waals surface area contributed by atoms with Gasteiger partial charge in [0.2, 0.25) is 0 Å². The van der Waals surface area contributed by atoms with Crippen molar-refractivity contribution >= 4 is 40.5 Å². The van der Waals surface area contributed by atoms with Crippen molar-refractivity contribution in [1.29, 1.82) is 0 Å². The van der Waals surface area contributed by atoms with Crippen molar-refractivity contribution in [2.75, 3.05) is 10.2 Å². The van der Waals surface area contributed by atoms with Crippen LogP contribution >= 0.6 is 12.2 Å². The molecule has 0 radical (unpaired) electrons. The van der Waals surface area contributed by atoms with Crippen molar-refractivity contribution in [3.63, 3.8) is 0 Å². The molecule has 6 heteroatoms. The molecule has 0 saturated carbocycles. The predicted octanol–water partition coefficient (Wildman–Crippen LogP) is 4.28. The van der Waals surface area contributed by atoms with Crippen molar-refractivity contribution in [3.05, 3.63) is 95.1 Å². The van der Waals surface area contributed by atoms with Crippen molar-refractivity contribution in [2.45, 2.75) is 13.5 Å². The highest BCUT2D eigenvalue weighted by Crippen LogP contribution is 2.28. The van der Waals surface area contributed by atoms with Crippen LogP contribution < -0.4 is 15.5 Å². The van der Waals surface area contributed by atoms with Gasteiger partial charge in [0, 0.05) is 22.5 Å². The predicted molar refractivity (Wildman–Crippen MR) is 118 cm³/mol. The van der Waals surface area contributed by atoms with Crippen LogP contribution in [-0.4, -0.2) is 16.9 Å². The number of nitrogens with zero attached hydrogens (tertiary/aromatic N) is 1. The summed E-state index contributed by atoms with van der Waals surface area (Å²) in [6.07, 6.45) is 0. The Kier molecular flexibility index (Phi) is 5.10. The van der Waals surface area contributed by atoms with E-state index in [1.165, 1.54) is 0 Å². The molecule has 0 fully saturated rings. The molecule has 1 aliphatic heterocycles. The molecule has 144 valence electrons. The van der Waals surface area contributed by atoms with E-state index in [1.54, 1.807) is 17.0 Å². The molecular formula is C23H19N3O2S. The van der Waals surface area contributed by atoms with Gasteiger partial charge < -0.3 is 10.2 Å².